The van der Waals surface area contributed by atoms with Gasteiger partial charge in [0.1, 0.15) is 0 Å². The quantitative estimate of drug-likeness (QED) is 0.544. The molecular formula is C14H30N2S2. The van der Waals surface area contributed by atoms with Gasteiger partial charge in [-0.25, -0.2) is 0 Å². The number of thiocarbonyl (C=S) groups is 1. The van der Waals surface area contributed by atoms with E-state index in [1.807, 2.05) is 35.5 Å². The van der Waals surface area contributed by atoms with E-state index in [1.165, 1.54) is 19.3 Å². The molecular weight excluding hydrogens is 260 g/mol. The smallest absolute Gasteiger partial charge is 0.0683 e. The van der Waals surface area contributed by atoms with Gasteiger partial charge in [0, 0.05) is 18.3 Å². The van der Waals surface area contributed by atoms with Crippen LogP contribution in [0.1, 0.15) is 53.9 Å². The molecule has 0 aromatic rings. The fourth-order valence-electron chi connectivity index (χ4n) is 1.19. The van der Waals surface area contributed by atoms with Crippen molar-refractivity contribution in [3.8, 4) is 0 Å². The highest BCUT2D eigenvalue weighted by Crippen LogP contribution is 2.06. The first-order chi connectivity index (χ1) is 8.40. The fourth-order valence-corrected chi connectivity index (χ4v) is 1.62. The normalized spacial score (nSPS) is 12.5. The van der Waals surface area contributed by atoms with Crippen LogP contribution in [0.5, 0.6) is 0 Å². The molecule has 0 amide bonds. The Morgan fingerprint density at radius 3 is 2.06 bits per heavy atom. The van der Waals surface area contributed by atoms with Crippen molar-refractivity contribution in [1.82, 2.24) is 9.21 Å². The van der Waals surface area contributed by atoms with E-state index in [9.17, 15) is 0 Å². The topological polar surface area (TPSA) is 6.48 Å². The summed E-state index contributed by atoms with van der Waals surface area (Å²) in [5, 5.41) is 0. The molecule has 0 spiro atoms. The second-order valence-corrected chi connectivity index (χ2v) is 5.54. The highest BCUT2D eigenvalue weighted by molar-refractivity contribution is 7.78. The van der Waals surface area contributed by atoms with E-state index in [0.717, 1.165) is 0 Å². The third-order valence-corrected chi connectivity index (χ3v) is 3.29. The molecule has 4 heteroatoms. The maximum absolute atomic E-state index is 4.76. The Morgan fingerprint density at radius 2 is 1.83 bits per heavy atom. The van der Waals surface area contributed by atoms with Gasteiger partial charge in [0.2, 0.25) is 0 Å². The Morgan fingerprint density at radius 1 is 1.28 bits per heavy atom. The van der Waals surface area contributed by atoms with Gasteiger partial charge in [-0.1, -0.05) is 50.9 Å². The molecule has 2 nitrogen and oxygen atoms in total. The lowest BCUT2D eigenvalue weighted by Crippen LogP contribution is -2.22. The minimum atomic E-state index is 0.471. The Hall–Kier alpha value is -0.0600. The molecule has 1 unspecified atom stereocenters. The van der Waals surface area contributed by atoms with E-state index in [4.69, 9.17) is 12.2 Å². The zero-order valence-electron chi connectivity index (χ0n) is 12.8. The highest BCUT2D eigenvalue weighted by atomic mass is 32.1. The SMILES string of the molecule is C/C=C\N(C=S)C(C)C.CCCCC(C)N(C)S. The van der Waals surface area contributed by atoms with E-state index in [0.29, 0.717) is 12.1 Å². The third-order valence-electron chi connectivity index (χ3n) is 2.65. The number of unbranched alkanes of at least 4 members (excludes halogenated alkanes) is 1. The summed E-state index contributed by atoms with van der Waals surface area (Å²) in [6, 6.07) is 1.09. The van der Waals surface area contributed by atoms with E-state index >= 15 is 0 Å². The second kappa shape index (κ2) is 13.4. The Labute approximate surface area is 125 Å². The molecule has 0 aliphatic carbocycles. The summed E-state index contributed by atoms with van der Waals surface area (Å²) in [5.41, 5.74) is 1.66. The van der Waals surface area contributed by atoms with Gasteiger partial charge >= 0.3 is 0 Å². The van der Waals surface area contributed by atoms with Crippen LogP contribution < -0.4 is 0 Å². The van der Waals surface area contributed by atoms with Crippen LogP contribution in [0.3, 0.4) is 0 Å². The molecule has 108 valence electrons. The third kappa shape index (κ3) is 12.4. The van der Waals surface area contributed by atoms with Gasteiger partial charge in [0.25, 0.3) is 0 Å². The summed E-state index contributed by atoms with van der Waals surface area (Å²) >= 11 is 8.96. The van der Waals surface area contributed by atoms with Crippen molar-refractivity contribution in [3.05, 3.63) is 12.3 Å². The fraction of sp³-hybridized carbons (Fsp3) is 0.786. The lowest BCUT2D eigenvalue weighted by atomic mass is 10.1. The van der Waals surface area contributed by atoms with Gasteiger partial charge in [-0.15, -0.1) is 0 Å². The molecule has 1 atom stereocenters. The summed E-state index contributed by atoms with van der Waals surface area (Å²) in [5.74, 6) is 0. The van der Waals surface area contributed by atoms with Crippen LogP contribution in [-0.4, -0.2) is 33.8 Å². The molecule has 0 aliphatic rings. The van der Waals surface area contributed by atoms with Crippen molar-refractivity contribution in [1.29, 1.82) is 0 Å². The molecule has 0 saturated carbocycles. The summed E-state index contributed by atoms with van der Waals surface area (Å²) in [7, 11) is 2.00. The Balaban J connectivity index is 0. The first-order valence-electron chi connectivity index (χ1n) is 6.67. The van der Waals surface area contributed by atoms with Crippen molar-refractivity contribution in [2.75, 3.05) is 7.05 Å². The van der Waals surface area contributed by atoms with Crippen molar-refractivity contribution >= 4 is 30.5 Å². The van der Waals surface area contributed by atoms with Crippen LogP contribution in [0.25, 0.3) is 0 Å². The minimum Gasteiger partial charge on any atom is -0.343 e. The molecule has 0 aliphatic heterocycles. The lowest BCUT2D eigenvalue weighted by molar-refractivity contribution is 0.405. The van der Waals surface area contributed by atoms with E-state index in [2.05, 4.69) is 40.5 Å². The van der Waals surface area contributed by atoms with Crippen LogP contribution in [0, 0.1) is 0 Å². The largest absolute Gasteiger partial charge is 0.343 e. The zero-order chi connectivity index (χ0) is 14.6. The van der Waals surface area contributed by atoms with E-state index in [1.54, 1.807) is 5.49 Å². The first kappa shape index (κ1) is 20.3. The first-order valence-corrected chi connectivity index (χ1v) is 7.55. The van der Waals surface area contributed by atoms with Crippen molar-refractivity contribution in [2.24, 2.45) is 0 Å². The Kier molecular flexibility index (Phi) is 15.1. The number of thiol groups is 1. The number of rotatable bonds is 7. The molecule has 0 aromatic carbocycles. The van der Waals surface area contributed by atoms with Crippen molar-refractivity contribution in [3.63, 3.8) is 0 Å². The van der Waals surface area contributed by atoms with Crippen LogP contribution in [0.15, 0.2) is 12.3 Å². The van der Waals surface area contributed by atoms with Gasteiger partial charge < -0.3 is 4.90 Å². The molecule has 0 rings (SSSR count). The summed E-state index contributed by atoms with van der Waals surface area (Å²) in [6.07, 6.45) is 7.80. The second-order valence-electron chi connectivity index (χ2n) is 4.69. The van der Waals surface area contributed by atoms with Crippen molar-refractivity contribution < 1.29 is 0 Å². The zero-order valence-corrected chi connectivity index (χ0v) is 14.5. The van der Waals surface area contributed by atoms with Gasteiger partial charge in [0.05, 0.1) is 5.49 Å². The number of hydrogen-bond donors (Lipinski definition) is 1. The van der Waals surface area contributed by atoms with E-state index in [-0.39, 0.29) is 0 Å². The van der Waals surface area contributed by atoms with Crippen LogP contribution >= 0.6 is 25.0 Å². The summed E-state index contributed by atoms with van der Waals surface area (Å²) in [6.45, 7) is 10.6. The average molecular weight is 291 g/mol. The van der Waals surface area contributed by atoms with Gasteiger partial charge in [-0.3, -0.25) is 4.31 Å². The molecule has 0 radical (unpaired) electrons. The van der Waals surface area contributed by atoms with Crippen LogP contribution in [0.2, 0.25) is 0 Å². The monoisotopic (exact) mass is 290 g/mol. The van der Waals surface area contributed by atoms with Gasteiger partial charge in [0.15, 0.2) is 0 Å². The van der Waals surface area contributed by atoms with E-state index < -0.39 is 0 Å². The van der Waals surface area contributed by atoms with Crippen LogP contribution in [-0.2, 0) is 0 Å². The number of hydrogen-bond acceptors (Lipinski definition) is 3. The Bertz CT molecular complexity index is 216. The maximum Gasteiger partial charge on any atom is 0.0683 e. The molecule has 0 bridgehead atoms. The maximum atomic E-state index is 4.76. The standard InChI is InChI=1S/C7H13NS.C7H17NS/c1-4-5-8(6-9)7(2)3;1-4-5-6-7(2)8(3)9/h4-7H,1-3H3;7,9H,4-6H2,1-3H3/b5-4-;. The highest BCUT2D eigenvalue weighted by Gasteiger charge is 2.02. The molecule has 0 heterocycles. The van der Waals surface area contributed by atoms with Crippen molar-refractivity contribution in [2.45, 2.75) is 66.0 Å². The van der Waals surface area contributed by atoms with Gasteiger partial charge in [-0.2, -0.15) is 0 Å². The molecule has 18 heavy (non-hydrogen) atoms. The van der Waals surface area contributed by atoms with Gasteiger partial charge in [-0.05, 0) is 41.2 Å². The number of nitrogens with zero attached hydrogens (tertiary/aromatic N) is 2. The molecule has 0 N–H and O–H groups in total. The lowest BCUT2D eigenvalue weighted by Gasteiger charge is -2.17. The predicted molar refractivity (Wildman–Crippen MR) is 91.2 cm³/mol. The molecule has 0 fully saturated rings. The molecule has 0 saturated heterocycles. The summed E-state index contributed by atoms with van der Waals surface area (Å²) < 4.78 is 1.97. The predicted octanol–water partition coefficient (Wildman–Crippen LogP) is 4.53. The number of allylic oxidation sites excluding steroid dienone is 1. The average Bonchev–Trinajstić information content (AvgIpc) is 2.33. The minimum absolute atomic E-state index is 0.471. The molecule has 0 aromatic heterocycles. The van der Waals surface area contributed by atoms with Crippen LogP contribution in [0.4, 0.5) is 0 Å². The summed E-state index contributed by atoms with van der Waals surface area (Å²) in [4.78, 5) is 1.98.